The predicted molar refractivity (Wildman–Crippen MR) is 87.7 cm³/mol. The van der Waals surface area contributed by atoms with Crippen LogP contribution >= 0.6 is 27.5 Å². The average molecular weight is 408 g/mol. The number of rotatable bonds is 4. The summed E-state index contributed by atoms with van der Waals surface area (Å²) in [7, 11) is 0. The van der Waals surface area contributed by atoms with Crippen LogP contribution in [0.15, 0.2) is 46.9 Å². The smallest absolute Gasteiger partial charge is 0.375 e. The second kappa shape index (κ2) is 7.23. The molecule has 0 unspecified atom stereocenters. The molecule has 1 amide bonds. The Hall–Kier alpha value is -1.73. The lowest BCUT2D eigenvalue weighted by Crippen LogP contribution is -2.22. The van der Waals surface area contributed by atoms with Crippen LogP contribution in [0.4, 0.5) is 24.5 Å². The molecule has 23 heavy (non-hydrogen) atoms. The van der Waals surface area contributed by atoms with E-state index in [9.17, 15) is 18.0 Å². The van der Waals surface area contributed by atoms with Crippen LogP contribution in [0, 0.1) is 0 Å². The molecule has 0 fully saturated rings. The molecule has 0 saturated heterocycles. The number of halogens is 5. The molecule has 0 radical (unpaired) electrons. The molecule has 0 aliphatic rings. The number of carbonyl (C=O) groups is 1. The molecular formula is C15H11BrClF3N2O. The predicted octanol–water partition coefficient (Wildman–Crippen LogP) is 5.17. The molecule has 0 aliphatic heterocycles. The van der Waals surface area contributed by atoms with Crippen LogP contribution in [-0.2, 0) is 11.0 Å². The van der Waals surface area contributed by atoms with Crippen LogP contribution in [0.3, 0.4) is 0 Å². The van der Waals surface area contributed by atoms with Crippen molar-refractivity contribution >= 4 is 44.8 Å². The normalized spacial score (nSPS) is 11.2. The molecule has 2 rings (SSSR count). The van der Waals surface area contributed by atoms with E-state index in [-0.39, 0.29) is 17.3 Å². The summed E-state index contributed by atoms with van der Waals surface area (Å²) in [6.45, 7) is -0.116. The van der Waals surface area contributed by atoms with Gasteiger partial charge in [-0.05, 0) is 46.3 Å². The van der Waals surface area contributed by atoms with E-state index >= 15 is 0 Å². The van der Waals surface area contributed by atoms with Crippen LogP contribution in [-0.4, -0.2) is 12.5 Å². The van der Waals surface area contributed by atoms with Gasteiger partial charge in [0.05, 0.1) is 22.8 Å². The zero-order valence-corrected chi connectivity index (χ0v) is 13.9. The Bertz CT molecular complexity index is 722. The largest absolute Gasteiger partial charge is 0.416 e. The van der Waals surface area contributed by atoms with Crippen molar-refractivity contribution in [2.45, 2.75) is 6.18 Å². The van der Waals surface area contributed by atoms with Crippen molar-refractivity contribution in [2.24, 2.45) is 0 Å². The Balaban J connectivity index is 2.04. The number of amides is 1. The number of hydrogen-bond donors (Lipinski definition) is 2. The minimum absolute atomic E-state index is 0.0345. The molecule has 2 aromatic rings. The minimum atomic E-state index is -4.50. The third-order valence-electron chi connectivity index (χ3n) is 2.88. The number of benzene rings is 2. The monoisotopic (exact) mass is 406 g/mol. The first kappa shape index (κ1) is 17.6. The first-order valence-electron chi connectivity index (χ1n) is 6.42. The van der Waals surface area contributed by atoms with Gasteiger partial charge < -0.3 is 10.6 Å². The van der Waals surface area contributed by atoms with Crippen LogP contribution in [0.25, 0.3) is 0 Å². The van der Waals surface area contributed by atoms with Gasteiger partial charge in [0.1, 0.15) is 0 Å². The minimum Gasteiger partial charge on any atom is -0.375 e. The van der Waals surface area contributed by atoms with Crippen molar-refractivity contribution in [3.8, 4) is 0 Å². The van der Waals surface area contributed by atoms with Gasteiger partial charge in [0.15, 0.2) is 0 Å². The molecule has 0 saturated carbocycles. The third-order valence-corrected chi connectivity index (χ3v) is 3.90. The number of alkyl halides is 3. The topological polar surface area (TPSA) is 41.1 Å². The highest BCUT2D eigenvalue weighted by Gasteiger charge is 2.31. The molecule has 3 nitrogen and oxygen atoms in total. The Labute approximate surface area is 144 Å². The summed E-state index contributed by atoms with van der Waals surface area (Å²) in [5.74, 6) is -0.512. The quantitative estimate of drug-likeness (QED) is 0.734. The van der Waals surface area contributed by atoms with Gasteiger partial charge in [0, 0.05) is 10.2 Å². The molecular weight excluding hydrogens is 397 g/mol. The summed E-state index contributed by atoms with van der Waals surface area (Å²) in [5.41, 5.74) is -0.269. The molecule has 2 aromatic carbocycles. The van der Waals surface area contributed by atoms with E-state index in [4.69, 9.17) is 11.6 Å². The van der Waals surface area contributed by atoms with Gasteiger partial charge in [-0.3, -0.25) is 4.79 Å². The summed E-state index contributed by atoms with van der Waals surface area (Å²) < 4.78 is 38.8. The van der Waals surface area contributed by atoms with Gasteiger partial charge in [0.2, 0.25) is 5.91 Å². The lowest BCUT2D eigenvalue weighted by atomic mass is 10.2. The van der Waals surface area contributed by atoms with Gasteiger partial charge in [0.25, 0.3) is 0 Å². The Morgan fingerprint density at radius 1 is 1.13 bits per heavy atom. The van der Waals surface area contributed by atoms with E-state index in [1.165, 1.54) is 0 Å². The molecule has 122 valence electrons. The summed E-state index contributed by atoms with van der Waals surface area (Å²) in [5, 5.41) is 5.27. The van der Waals surface area contributed by atoms with Crippen molar-refractivity contribution in [2.75, 3.05) is 17.2 Å². The maximum absolute atomic E-state index is 12.7. The summed E-state index contributed by atoms with van der Waals surface area (Å²) >= 11 is 9.14. The van der Waals surface area contributed by atoms with Crippen molar-refractivity contribution in [3.63, 3.8) is 0 Å². The third kappa shape index (κ3) is 4.87. The van der Waals surface area contributed by atoms with Crippen LogP contribution < -0.4 is 10.6 Å². The summed E-state index contributed by atoms with van der Waals surface area (Å²) in [4.78, 5) is 11.9. The molecule has 0 heterocycles. The Kier molecular flexibility index (Phi) is 5.54. The fourth-order valence-electron chi connectivity index (χ4n) is 1.77. The molecule has 0 bridgehead atoms. The average Bonchev–Trinajstić information content (AvgIpc) is 2.47. The maximum Gasteiger partial charge on any atom is 0.416 e. The van der Waals surface area contributed by atoms with Gasteiger partial charge in [-0.25, -0.2) is 0 Å². The number of nitrogens with one attached hydrogen (secondary N) is 2. The lowest BCUT2D eigenvalue weighted by Gasteiger charge is -2.12. The van der Waals surface area contributed by atoms with Crippen LogP contribution in [0.2, 0.25) is 5.02 Å². The first-order chi connectivity index (χ1) is 10.8. The van der Waals surface area contributed by atoms with E-state index in [1.807, 2.05) is 6.07 Å². The molecule has 0 atom stereocenters. The highest BCUT2D eigenvalue weighted by Crippen LogP contribution is 2.33. The van der Waals surface area contributed by atoms with Crippen molar-refractivity contribution in [3.05, 3.63) is 57.5 Å². The second-order valence-electron chi connectivity index (χ2n) is 4.57. The number of hydrogen-bond acceptors (Lipinski definition) is 2. The lowest BCUT2D eigenvalue weighted by molar-refractivity contribution is -0.137. The molecule has 0 aliphatic carbocycles. The van der Waals surface area contributed by atoms with Crippen molar-refractivity contribution in [1.29, 1.82) is 0 Å². The van der Waals surface area contributed by atoms with Gasteiger partial charge in [-0.15, -0.1) is 0 Å². The molecule has 2 N–H and O–H groups in total. The van der Waals surface area contributed by atoms with E-state index in [0.717, 1.165) is 22.7 Å². The van der Waals surface area contributed by atoms with Crippen LogP contribution in [0.5, 0.6) is 0 Å². The summed E-state index contributed by atoms with van der Waals surface area (Å²) in [6.07, 6.45) is -4.50. The van der Waals surface area contributed by atoms with Crippen molar-refractivity contribution < 1.29 is 18.0 Å². The molecule has 0 aromatic heterocycles. The van der Waals surface area contributed by atoms with Crippen LogP contribution in [0.1, 0.15) is 5.56 Å². The Morgan fingerprint density at radius 3 is 2.48 bits per heavy atom. The highest BCUT2D eigenvalue weighted by atomic mass is 79.9. The van der Waals surface area contributed by atoms with Gasteiger partial charge >= 0.3 is 6.18 Å². The number of para-hydroxylation sites is 1. The fourth-order valence-corrected chi connectivity index (χ4v) is 2.36. The first-order valence-corrected chi connectivity index (χ1v) is 7.59. The van der Waals surface area contributed by atoms with E-state index in [0.29, 0.717) is 5.69 Å². The fraction of sp³-hybridized carbons (Fsp3) is 0.133. The van der Waals surface area contributed by atoms with E-state index < -0.39 is 17.6 Å². The Morgan fingerprint density at radius 2 is 1.83 bits per heavy atom. The SMILES string of the molecule is O=C(CNc1ccccc1Br)Nc1cc(C(F)(F)F)ccc1Cl. The number of carbonyl (C=O) groups excluding carboxylic acids is 1. The second-order valence-corrected chi connectivity index (χ2v) is 5.84. The van der Waals surface area contributed by atoms with E-state index in [2.05, 4.69) is 26.6 Å². The standard InChI is InChI=1S/C15H11BrClF3N2O/c16-10-3-1-2-4-12(10)21-8-14(23)22-13-7-9(15(18,19)20)5-6-11(13)17/h1-7,21H,8H2,(H,22,23). The highest BCUT2D eigenvalue weighted by molar-refractivity contribution is 9.10. The summed E-state index contributed by atoms with van der Waals surface area (Å²) in [6, 6.07) is 9.92. The zero-order valence-electron chi connectivity index (χ0n) is 11.5. The van der Waals surface area contributed by atoms with Crippen molar-refractivity contribution in [1.82, 2.24) is 0 Å². The van der Waals surface area contributed by atoms with Gasteiger partial charge in [-0.1, -0.05) is 23.7 Å². The maximum atomic E-state index is 12.7. The van der Waals surface area contributed by atoms with Gasteiger partial charge in [-0.2, -0.15) is 13.2 Å². The van der Waals surface area contributed by atoms with E-state index in [1.54, 1.807) is 18.2 Å². The zero-order chi connectivity index (χ0) is 17.0. The molecule has 8 heteroatoms. The molecule has 0 spiro atoms. The number of anilines is 2.